The van der Waals surface area contributed by atoms with Crippen LogP contribution in [0.25, 0.3) is 10.9 Å². The van der Waals surface area contributed by atoms with E-state index in [2.05, 4.69) is 10.3 Å². The first kappa shape index (κ1) is 16.6. The van der Waals surface area contributed by atoms with Crippen molar-refractivity contribution >= 4 is 28.5 Å². The van der Waals surface area contributed by atoms with Gasteiger partial charge < -0.3 is 10.1 Å². The van der Waals surface area contributed by atoms with Crippen molar-refractivity contribution in [2.24, 2.45) is 0 Å². The summed E-state index contributed by atoms with van der Waals surface area (Å²) in [4.78, 5) is 29.2. The molecule has 0 radical (unpaired) electrons. The summed E-state index contributed by atoms with van der Waals surface area (Å²) in [5.74, 6) is -0.924. The van der Waals surface area contributed by atoms with E-state index in [1.807, 2.05) is 49.4 Å². The molecule has 0 saturated carbocycles. The van der Waals surface area contributed by atoms with Gasteiger partial charge in [0.1, 0.15) is 0 Å². The molecule has 5 nitrogen and oxygen atoms in total. The molecule has 1 amide bonds. The number of pyridine rings is 1. The van der Waals surface area contributed by atoms with Crippen LogP contribution >= 0.6 is 0 Å². The lowest BCUT2D eigenvalue weighted by molar-refractivity contribution is -0.123. The Hall–Kier alpha value is -3.21. The summed E-state index contributed by atoms with van der Waals surface area (Å²) in [5.41, 5.74) is 2.49. The van der Waals surface area contributed by atoms with Crippen LogP contribution in [-0.2, 0) is 9.53 Å². The first-order valence-electron chi connectivity index (χ1n) is 7.98. The first-order valence-corrected chi connectivity index (χ1v) is 7.98. The molecule has 3 aromatic rings. The van der Waals surface area contributed by atoms with Crippen LogP contribution in [0.15, 0.2) is 60.7 Å². The van der Waals surface area contributed by atoms with Gasteiger partial charge >= 0.3 is 5.97 Å². The maximum atomic E-state index is 12.5. The topological polar surface area (TPSA) is 68.3 Å². The van der Waals surface area contributed by atoms with E-state index in [-0.39, 0.29) is 5.91 Å². The molecule has 0 aliphatic rings. The molecule has 126 valence electrons. The van der Waals surface area contributed by atoms with E-state index < -0.39 is 12.1 Å². The van der Waals surface area contributed by atoms with Crippen LogP contribution in [0.2, 0.25) is 0 Å². The molecule has 1 heterocycles. The highest BCUT2D eigenvalue weighted by atomic mass is 16.5. The molecule has 1 aromatic heterocycles. The van der Waals surface area contributed by atoms with Gasteiger partial charge in [-0.25, -0.2) is 4.79 Å². The van der Waals surface area contributed by atoms with Gasteiger partial charge in [-0.15, -0.1) is 0 Å². The number of para-hydroxylation sites is 2. The fraction of sp³-hybridized carbons (Fsp3) is 0.150. The Morgan fingerprint density at radius 3 is 2.48 bits per heavy atom. The minimum Gasteiger partial charge on any atom is -0.449 e. The molecule has 0 unspecified atom stereocenters. The van der Waals surface area contributed by atoms with Crippen LogP contribution in [0.4, 0.5) is 5.69 Å². The van der Waals surface area contributed by atoms with Crippen molar-refractivity contribution in [3.05, 3.63) is 71.9 Å². The number of fused-ring (bicyclic) bond motifs is 1. The number of anilines is 1. The Morgan fingerprint density at radius 1 is 1.04 bits per heavy atom. The molecule has 0 aliphatic heterocycles. The van der Waals surface area contributed by atoms with E-state index in [0.29, 0.717) is 22.3 Å². The molecular weight excluding hydrogens is 316 g/mol. The van der Waals surface area contributed by atoms with Crippen LogP contribution in [0, 0.1) is 6.92 Å². The lowest BCUT2D eigenvalue weighted by Gasteiger charge is -2.14. The lowest BCUT2D eigenvalue weighted by Crippen LogP contribution is -2.30. The number of ether oxygens (including phenoxy) is 1. The summed E-state index contributed by atoms with van der Waals surface area (Å²) in [6, 6.07) is 18.1. The monoisotopic (exact) mass is 334 g/mol. The number of aryl methyl sites for hydroxylation is 1. The summed E-state index contributed by atoms with van der Waals surface area (Å²) in [7, 11) is 0. The number of hydrogen-bond donors (Lipinski definition) is 1. The predicted molar refractivity (Wildman–Crippen MR) is 96.4 cm³/mol. The summed E-state index contributed by atoms with van der Waals surface area (Å²) >= 11 is 0. The number of nitrogens with zero attached hydrogens (tertiary/aromatic N) is 1. The Balaban J connectivity index is 1.77. The van der Waals surface area contributed by atoms with Gasteiger partial charge in [0.15, 0.2) is 6.10 Å². The molecule has 1 N–H and O–H groups in total. The minimum atomic E-state index is -0.917. The van der Waals surface area contributed by atoms with E-state index in [1.165, 1.54) is 0 Å². The van der Waals surface area contributed by atoms with E-state index in [0.717, 1.165) is 5.52 Å². The zero-order valence-corrected chi connectivity index (χ0v) is 14.0. The number of rotatable bonds is 4. The zero-order chi connectivity index (χ0) is 17.8. The Labute approximate surface area is 145 Å². The smallest absolute Gasteiger partial charge is 0.339 e. The zero-order valence-electron chi connectivity index (χ0n) is 14.0. The second-order valence-corrected chi connectivity index (χ2v) is 5.73. The van der Waals surface area contributed by atoms with E-state index in [9.17, 15) is 9.59 Å². The van der Waals surface area contributed by atoms with Gasteiger partial charge in [-0.1, -0.05) is 36.4 Å². The van der Waals surface area contributed by atoms with Gasteiger partial charge in [0.2, 0.25) is 0 Å². The van der Waals surface area contributed by atoms with Gasteiger partial charge in [-0.3, -0.25) is 9.78 Å². The molecule has 0 saturated heterocycles. The van der Waals surface area contributed by atoms with Crippen molar-refractivity contribution in [1.82, 2.24) is 4.98 Å². The molecule has 5 heteroatoms. The predicted octanol–water partition coefficient (Wildman–Crippen LogP) is 3.73. The second kappa shape index (κ2) is 7.13. The third kappa shape index (κ3) is 3.83. The van der Waals surface area contributed by atoms with Crippen LogP contribution in [-0.4, -0.2) is 23.0 Å². The van der Waals surface area contributed by atoms with Crippen LogP contribution < -0.4 is 5.32 Å². The number of carbonyl (C=O) groups is 2. The van der Waals surface area contributed by atoms with Gasteiger partial charge in [0, 0.05) is 16.8 Å². The van der Waals surface area contributed by atoms with E-state index in [4.69, 9.17) is 4.74 Å². The molecule has 0 bridgehead atoms. The summed E-state index contributed by atoms with van der Waals surface area (Å²) in [6.45, 7) is 3.36. The highest BCUT2D eigenvalue weighted by Crippen LogP contribution is 2.19. The Kier molecular flexibility index (Phi) is 4.75. The lowest BCUT2D eigenvalue weighted by atomic mass is 10.1. The number of benzene rings is 2. The highest BCUT2D eigenvalue weighted by molar-refractivity contribution is 6.05. The van der Waals surface area contributed by atoms with E-state index >= 15 is 0 Å². The van der Waals surface area contributed by atoms with Crippen molar-refractivity contribution in [3.8, 4) is 0 Å². The quantitative estimate of drug-likeness (QED) is 0.738. The number of nitrogens with one attached hydrogen (secondary N) is 1. The number of hydrogen-bond acceptors (Lipinski definition) is 4. The van der Waals surface area contributed by atoms with Gasteiger partial charge in [-0.2, -0.15) is 0 Å². The summed E-state index contributed by atoms with van der Waals surface area (Å²) < 4.78 is 5.35. The Bertz CT molecular complexity index is 923. The van der Waals surface area contributed by atoms with Crippen LogP contribution in [0.3, 0.4) is 0 Å². The van der Waals surface area contributed by atoms with Gasteiger partial charge in [0.25, 0.3) is 5.91 Å². The van der Waals surface area contributed by atoms with Crippen molar-refractivity contribution in [3.63, 3.8) is 0 Å². The third-order valence-corrected chi connectivity index (χ3v) is 3.76. The fourth-order valence-electron chi connectivity index (χ4n) is 2.52. The van der Waals surface area contributed by atoms with Crippen molar-refractivity contribution in [2.75, 3.05) is 5.32 Å². The SMILES string of the molecule is Cc1cc(C(=O)O[C@@H](C)C(=O)Nc2ccccc2)c2ccccc2n1. The summed E-state index contributed by atoms with van der Waals surface area (Å²) in [6.07, 6.45) is -0.917. The van der Waals surface area contributed by atoms with Crippen LogP contribution in [0.5, 0.6) is 0 Å². The molecule has 25 heavy (non-hydrogen) atoms. The maximum Gasteiger partial charge on any atom is 0.339 e. The number of carbonyl (C=O) groups excluding carboxylic acids is 2. The minimum absolute atomic E-state index is 0.380. The van der Waals surface area contributed by atoms with E-state index in [1.54, 1.807) is 25.1 Å². The molecule has 2 aromatic carbocycles. The molecular formula is C20H18N2O3. The third-order valence-electron chi connectivity index (χ3n) is 3.76. The largest absolute Gasteiger partial charge is 0.449 e. The van der Waals surface area contributed by atoms with Gasteiger partial charge in [-0.05, 0) is 38.1 Å². The molecule has 0 fully saturated rings. The standard InChI is InChI=1S/C20H18N2O3/c1-13-12-17(16-10-6-7-11-18(16)21-13)20(24)25-14(2)19(23)22-15-8-4-3-5-9-15/h3-12,14H,1-2H3,(H,22,23)/t14-/m0/s1. The maximum absolute atomic E-state index is 12.5. The average molecular weight is 334 g/mol. The second-order valence-electron chi connectivity index (χ2n) is 5.73. The van der Waals surface area contributed by atoms with Crippen LogP contribution in [0.1, 0.15) is 23.0 Å². The molecule has 0 spiro atoms. The average Bonchev–Trinajstić information content (AvgIpc) is 2.61. The normalized spacial score (nSPS) is 11.8. The number of esters is 1. The first-order chi connectivity index (χ1) is 12.0. The molecule has 3 rings (SSSR count). The molecule has 1 atom stereocenters. The molecule has 0 aliphatic carbocycles. The Morgan fingerprint density at radius 2 is 1.72 bits per heavy atom. The summed E-state index contributed by atoms with van der Waals surface area (Å²) in [5, 5.41) is 3.42. The van der Waals surface area contributed by atoms with Gasteiger partial charge in [0.05, 0.1) is 11.1 Å². The van der Waals surface area contributed by atoms with Crippen molar-refractivity contribution in [1.29, 1.82) is 0 Å². The number of aromatic nitrogens is 1. The van der Waals surface area contributed by atoms with Crippen molar-refractivity contribution in [2.45, 2.75) is 20.0 Å². The fourth-order valence-corrected chi connectivity index (χ4v) is 2.52. The van der Waals surface area contributed by atoms with Crippen molar-refractivity contribution < 1.29 is 14.3 Å². The number of amides is 1. The highest BCUT2D eigenvalue weighted by Gasteiger charge is 2.21.